The van der Waals surface area contributed by atoms with Gasteiger partial charge in [0, 0.05) is 26.2 Å². The van der Waals surface area contributed by atoms with Gasteiger partial charge in [0.1, 0.15) is 0 Å². The van der Waals surface area contributed by atoms with Crippen molar-refractivity contribution in [3.8, 4) is 11.1 Å². The summed E-state index contributed by atoms with van der Waals surface area (Å²) < 4.78 is 0. The van der Waals surface area contributed by atoms with Gasteiger partial charge >= 0.3 is 0 Å². The van der Waals surface area contributed by atoms with E-state index in [1.54, 1.807) is 0 Å². The first-order valence-corrected chi connectivity index (χ1v) is 13.8. The molecule has 0 heterocycles. The standard InChI is InChI=1S/C25H31Si.Zr/c1-26(2,3)23-14-12-21(13-15-23)24-11-7-10-22-17-20(18-25(22)24)16-19-8-5-4-6-9-19;/h7,10-15,17-19H,4-6,8-9,16H2,1-3H3;/q-1;. The summed E-state index contributed by atoms with van der Waals surface area (Å²) in [5.74, 6) is 0.903. The van der Waals surface area contributed by atoms with Gasteiger partial charge in [0.05, 0.1) is 8.07 Å². The number of hydrogen-bond donors (Lipinski definition) is 0. The Labute approximate surface area is 184 Å². The zero-order valence-electron chi connectivity index (χ0n) is 17.0. The van der Waals surface area contributed by atoms with Crippen molar-refractivity contribution < 1.29 is 26.2 Å². The van der Waals surface area contributed by atoms with Crippen molar-refractivity contribution in [2.45, 2.75) is 58.2 Å². The Hall–Kier alpha value is -0.850. The molecule has 3 aromatic carbocycles. The molecule has 4 rings (SSSR count). The van der Waals surface area contributed by atoms with Gasteiger partial charge in [-0.1, -0.05) is 92.8 Å². The van der Waals surface area contributed by atoms with E-state index in [9.17, 15) is 0 Å². The second kappa shape index (κ2) is 8.66. The maximum absolute atomic E-state index is 2.46. The first kappa shape index (κ1) is 20.9. The third-order valence-corrected chi connectivity index (χ3v) is 8.19. The Kier molecular flexibility index (Phi) is 6.70. The average Bonchev–Trinajstić information content (AvgIpc) is 3.04. The Morgan fingerprint density at radius 3 is 2.30 bits per heavy atom. The van der Waals surface area contributed by atoms with Crippen LogP contribution in [-0.2, 0) is 32.6 Å². The largest absolute Gasteiger partial charge is 0.164 e. The maximum Gasteiger partial charge on any atom is 0.0775 e. The third kappa shape index (κ3) is 4.77. The van der Waals surface area contributed by atoms with Crippen molar-refractivity contribution in [1.82, 2.24) is 0 Å². The number of benzene rings is 2. The molecule has 0 aliphatic heterocycles. The molecule has 0 unspecified atom stereocenters. The van der Waals surface area contributed by atoms with E-state index < -0.39 is 8.07 Å². The number of fused-ring (bicyclic) bond motifs is 1. The average molecular weight is 451 g/mol. The molecule has 1 saturated carbocycles. The van der Waals surface area contributed by atoms with E-state index in [4.69, 9.17) is 0 Å². The van der Waals surface area contributed by atoms with E-state index in [-0.39, 0.29) is 26.2 Å². The fourth-order valence-electron chi connectivity index (χ4n) is 4.54. The van der Waals surface area contributed by atoms with Crippen LogP contribution in [0.1, 0.15) is 37.7 Å². The second-order valence-corrected chi connectivity index (χ2v) is 14.3. The second-order valence-electron chi connectivity index (χ2n) is 9.21. The van der Waals surface area contributed by atoms with E-state index in [0.29, 0.717) is 0 Å². The molecule has 1 fully saturated rings. The van der Waals surface area contributed by atoms with Crippen molar-refractivity contribution in [2.75, 3.05) is 0 Å². The van der Waals surface area contributed by atoms with Crippen LogP contribution in [0, 0.1) is 5.92 Å². The normalized spacial score (nSPS) is 15.7. The molecular weight excluding hydrogens is 420 g/mol. The van der Waals surface area contributed by atoms with Crippen molar-refractivity contribution in [3.63, 3.8) is 0 Å². The van der Waals surface area contributed by atoms with Crippen LogP contribution in [0.4, 0.5) is 0 Å². The van der Waals surface area contributed by atoms with Gasteiger partial charge in [-0.2, -0.15) is 6.07 Å². The van der Waals surface area contributed by atoms with Crippen LogP contribution < -0.4 is 5.19 Å². The van der Waals surface area contributed by atoms with Crippen molar-refractivity contribution in [2.24, 2.45) is 5.92 Å². The molecule has 0 radical (unpaired) electrons. The first-order valence-electron chi connectivity index (χ1n) is 10.3. The van der Waals surface area contributed by atoms with E-state index in [1.165, 1.54) is 71.2 Å². The first-order chi connectivity index (χ1) is 12.5. The number of rotatable bonds is 4. The molecule has 0 bridgehead atoms. The summed E-state index contributed by atoms with van der Waals surface area (Å²) in [6, 6.07) is 21.0. The molecule has 0 nitrogen and oxygen atoms in total. The molecule has 0 saturated heterocycles. The molecule has 0 aromatic heterocycles. The minimum absolute atomic E-state index is 0. The van der Waals surface area contributed by atoms with Crippen LogP contribution in [-0.4, -0.2) is 8.07 Å². The van der Waals surface area contributed by atoms with Crippen molar-refractivity contribution >= 4 is 24.0 Å². The molecule has 27 heavy (non-hydrogen) atoms. The summed E-state index contributed by atoms with van der Waals surface area (Å²) in [6.07, 6.45) is 8.41. The minimum atomic E-state index is -1.23. The van der Waals surface area contributed by atoms with E-state index >= 15 is 0 Å². The van der Waals surface area contributed by atoms with Gasteiger partial charge < -0.3 is 0 Å². The molecule has 1 aliphatic carbocycles. The van der Waals surface area contributed by atoms with E-state index in [2.05, 4.69) is 74.2 Å². The molecule has 0 N–H and O–H groups in total. The SMILES string of the molecule is C[Si](C)(C)c1ccc(-c2cccc3[cH-]c(CC4CCCCC4)cc23)cc1.[Zr]. The van der Waals surface area contributed by atoms with Gasteiger partial charge in [-0.15, -0.1) is 34.5 Å². The summed E-state index contributed by atoms with van der Waals surface area (Å²) in [6.45, 7) is 7.24. The molecule has 2 heteroatoms. The Morgan fingerprint density at radius 1 is 0.926 bits per heavy atom. The van der Waals surface area contributed by atoms with Crippen LogP contribution in [0.5, 0.6) is 0 Å². The molecule has 0 atom stereocenters. The Morgan fingerprint density at radius 2 is 1.63 bits per heavy atom. The third-order valence-electron chi connectivity index (χ3n) is 6.12. The summed E-state index contributed by atoms with van der Waals surface area (Å²) in [7, 11) is -1.23. The molecule has 3 aromatic rings. The van der Waals surface area contributed by atoms with Crippen LogP contribution in [0.15, 0.2) is 54.6 Å². The predicted molar refractivity (Wildman–Crippen MR) is 118 cm³/mol. The van der Waals surface area contributed by atoms with Gasteiger partial charge in [-0.05, 0) is 17.9 Å². The molecule has 0 amide bonds. The van der Waals surface area contributed by atoms with Crippen LogP contribution in [0.2, 0.25) is 19.6 Å². The predicted octanol–water partition coefficient (Wildman–Crippen LogP) is 6.89. The zero-order valence-corrected chi connectivity index (χ0v) is 20.5. The smallest absolute Gasteiger partial charge is 0.0775 e. The quantitative estimate of drug-likeness (QED) is 0.300. The van der Waals surface area contributed by atoms with Crippen molar-refractivity contribution in [1.29, 1.82) is 0 Å². The summed E-state index contributed by atoms with van der Waals surface area (Å²) in [5, 5.41) is 4.37. The molecular formula is C25H31SiZr-. The van der Waals surface area contributed by atoms with Gasteiger partial charge in [-0.25, -0.2) is 0 Å². The monoisotopic (exact) mass is 449 g/mol. The Bertz CT molecular complexity index is 877. The molecule has 1 aliphatic rings. The van der Waals surface area contributed by atoms with Gasteiger partial charge in [-0.3, -0.25) is 0 Å². The Balaban J connectivity index is 0.00000210. The van der Waals surface area contributed by atoms with Gasteiger partial charge in [0.2, 0.25) is 0 Å². The summed E-state index contributed by atoms with van der Waals surface area (Å²) in [4.78, 5) is 0. The molecule has 0 spiro atoms. The van der Waals surface area contributed by atoms with E-state index in [0.717, 1.165) is 5.92 Å². The van der Waals surface area contributed by atoms with Gasteiger partial charge in [0.25, 0.3) is 0 Å². The summed E-state index contributed by atoms with van der Waals surface area (Å²) in [5.41, 5.74) is 4.28. The van der Waals surface area contributed by atoms with Crippen molar-refractivity contribution in [3.05, 3.63) is 60.2 Å². The minimum Gasteiger partial charge on any atom is -0.164 e. The van der Waals surface area contributed by atoms with Crippen LogP contribution >= 0.6 is 0 Å². The van der Waals surface area contributed by atoms with Crippen LogP contribution in [0.25, 0.3) is 21.9 Å². The number of hydrogen-bond acceptors (Lipinski definition) is 0. The zero-order chi connectivity index (χ0) is 18.1. The topological polar surface area (TPSA) is 0 Å². The summed E-state index contributed by atoms with van der Waals surface area (Å²) >= 11 is 0. The molecule has 140 valence electrons. The van der Waals surface area contributed by atoms with E-state index in [1.807, 2.05) is 0 Å². The fraction of sp³-hybridized carbons (Fsp3) is 0.400. The van der Waals surface area contributed by atoms with Crippen LogP contribution in [0.3, 0.4) is 0 Å². The maximum atomic E-state index is 2.46. The fourth-order valence-corrected chi connectivity index (χ4v) is 5.71. The van der Waals surface area contributed by atoms with Gasteiger partial charge in [0.15, 0.2) is 0 Å².